The van der Waals surface area contributed by atoms with Crippen LogP contribution in [0.2, 0.25) is 0 Å². The second kappa shape index (κ2) is 6.37. The van der Waals surface area contributed by atoms with E-state index < -0.39 is 6.10 Å². The highest BCUT2D eigenvalue weighted by Crippen LogP contribution is 2.30. The lowest BCUT2D eigenvalue weighted by Crippen LogP contribution is -2.31. The summed E-state index contributed by atoms with van der Waals surface area (Å²) in [6, 6.07) is 15.6. The van der Waals surface area contributed by atoms with Crippen LogP contribution in [0, 0.1) is 0 Å². The second-order valence-electron chi connectivity index (χ2n) is 5.45. The summed E-state index contributed by atoms with van der Waals surface area (Å²) in [5, 5.41) is 5.37. The molecule has 0 fully saturated rings. The summed E-state index contributed by atoms with van der Waals surface area (Å²) in [7, 11) is 0. The standard InChI is InChI=1S/C18H13BrN2O2S/c19-13-7-5-11(6-8-13)14-10-24-18(20-14)21-17(22)16-9-12-3-1-2-4-15(12)23-16/h1-8,10,16H,9H2,(H,20,21,22). The molecule has 0 radical (unpaired) electrons. The molecule has 0 aliphatic carbocycles. The van der Waals surface area contributed by atoms with Gasteiger partial charge in [0.2, 0.25) is 0 Å². The summed E-state index contributed by atoms with van der Waals surface area (Å²) >= 11 is 4.83. The lowest BCUT2D eigenvalue weighted by molar-refractivity contribution is -0.122. The zero-order valence-electron chi connectivity index (χ0n) is 12.5. The van der Waals surface area contributed by atoms with Gasteiger partial charge < -0.3 is 4.74 Å². The minimum atomic E-state index is -0.498. The number of para-hydroxylation sites is 1. The van der Waals surface area contributed by atoms with Crippen molar-refractivity contribution >= 4 is 38.3 Å². The van der Waals surface area contributed by atoms with Crippen molar-refractivity contribution < 1.29 is 9.53 Å². The first kappa shape index (κ1) is 15.4. The summed E-state index contributed by atoms with van der Waals surface area (Å²) in [4.78, 5) is 16.9. The number of nitrogens with zero attached hydrogens (tertiary/aromatic N) is 1. The number of carbonyl (C=O) groups excluding carboxylic acids is 1. The number of hydrogen-bond acceptors (Lipinski definition) is 4. The van der Waals surface area contributed by atoms with Crippen LogP contribution in [-0.4, -0.2) is 17.0 Å². The molecular formula is C18H13BrN2O2S. The fourth-order valence-electron chi connectivity index (χ4n) is 2.60. The van der Waals surface area contributed by atoms with E-state index in [0.29, 0.717) is 11.6 Å². The van der Waals surface area contributed by atoms with Crippen molar-refractivity contribution in [3.8, 4) is 17.0 Å². The maximum Gasteiger partial charge on any atom is 0.267 e. The van der Waals surface area contributed by atoms with E-state index in [4.69, 9.17) is 4.74 Å². The van der Waals surface area contributed by atoms with Crippen LogP contribution in [0.3, 0.4) is 0 Å². The monoisotopic (exact) mass is 400 g/mol. The molecule has 1 atom stereocenters. The van der Waals surface area contributed by atoms with Gasteiger partial charge in [-0.3, -0.25) is 10.1 Å². The quantitative estimate of drug-likeness (QED) is 0.703. The van der Waals surface area contributed by atoms with Gasteiger partial charge >= 0.3 is 0 Å². The molecule has 6 heteroatoms. The van der Waals surface area contributed by atoms with Crippen molar-refractivity contribution in [2.45, 2.75) is 12.5 Å². The molecule has 0 bridgehead atoms. The number of carbonyl (C=O) groups is 1. The number of ether oxygens (including phenoxy) is 1. The average molecular weight is 401 g/mol. The molecule has 0 spiro atoms. The molecule has 4 rings (SSSR count). The van der Waals surface area contributed by atoms with Gasteiger partial charge in [-0.25, -0.2) is 4.98 Å². The lowest BCUT2D eigenvalue weighted by Gasteiger charge is -2.09. The fraction of sp³-hybridized carbons (Fsp3) is 0.111. The van der Waals surface area contributed by atoms with Crippen LogP contribution in [0.25, 0.3) is 11.3 Å². The van der Waals surface area contributed by atoms with Crippen molar-refractivity contribution in [2.24, 2.45) is 0 Å². The van der Waals surface area contributed by atoms with E-state index in [-0.39, 0.29) is 5.91 Å². The molecule has 1 aliphatic heterocycles. The van der Waals surface area contributed by atoms with Gasteiger partial charge in [0.05, 0.1) is 5.69 Å². The fourth-order valence-corrected chi connectivity index (χ4v) is 3.59. The largest absolute Gasteiger partial charge is 0.480 e. The highest BCUT2D eigenvalue weighted by Gasteiger charge is 2.29. The molecule has 1 unspecified atom stereocenters. The molecule has 2 aromatic carbocycles. The number of fused-ring (bicyclic) bond motifs is 1. The molecule has 0 saturated carbocycles. The number of amides is 1. The first-order valence-corrected chi connectivity index (χ1v) is 9.13. The van der Waals surface area contributed by atoms with Crippen LogP contribution in [0.4, 0.5) is 5.13 Å². The van der Waals surface area contributed by atoms with Crippen LogP contribution in [0.15, 0.2) is 58.4 Å². The zero-order valence-corrected chi connectivity index (χ0v) is 14.9. The van der Waals surface area contributed by atoms with E-state index in [2.05, 4.69) is 26.2 Å². The summed E-state index contributed by atoms with van der Waals surface area (Å²) in [6.07, 6.45) is 0.0925. The van der Waals surface area contributed by atoms with Gasteiger partial charge in [0.25, 0.3) is 5.91 Å². The molecule has 2 heterocycles. The maximum atomic E-state index is 12.4. The number of anilines is 1. The number of nitrogens with one attached hydrogen (secondary N) is 1. The molecule has 4 nitrogen and oxygen atoms in total. The van der Waals surface area contributed by atoms with Gasteiger partial charge in [0.1, 0.15) is 5.75 Å². The Kier molecular flexibility index (Phi) is 4.08. The molecule has 3 aromatic rings. The first-order chi connectivity index (χ1) is 11.7. The molecule has 24 heavy (non-hydrogen) atoms. The Balaban J connectivity index is 1.45. The van der Waals surface area contributed by atoms with Crippen LogP contribution < -0.4 is 10.1 Å². The summed E-state index contributed by atoms with van der Waals surface area (Å²) in [5.41, 5.74) is 2.92. The third-order valence-electron chi connectivity index (χ3n) is 3.81. The van der Waals surface area contributed by atoms with Gasteiger partial charge in [0.15, 0.2) is 11.2 Å². The lowest BCUT2D eigenvalue weighted by atomic mass is 10.1. The van der Waals surface area contributed by atoms with Gasteiger partial charge in [-0.2, -0.15) is 0 Å². The molecular weight excluding hydrogens is 388 g/mol. The third-order valence-corrected chi connectivity index (χ3v) is 5.10. The van der Waals surface area contributed by atoms with E-state index in [1.807, 2.05) is 53.9 Å². The molecule has 1 amide bonds. The number of hydrogen-bond donors (Lipinski definition) is 1. The number of aromatic nitrogens is 1. The van der Waals surface area contributed by atoms with Crippen LogP contribution in [0.1, 0.15) is 5.56 Å². The Bertz CT molecular complexity index is 867. The van der Waals surface area contributed by atoms with Gasteiger partial charge in [-0.05, 0) is 23.8 Å². The molecule has 1 aromatic heterocycles. The van der Waals surface area contributed by atoms with Gasteiger partial charge in [-0.1, -0.05) is 46.3 Å². The minimum Gasteiger partial charge on any atom is -0.480 e. The van der Waals surface area contributed by atoms with E-state index >= 15 is 0 Å². The summed E-state index contributed by atoms with van der Waals surface area (Å²) < 4.78 is 6.73. The Morgan fingerprint density at radius 3 is 2.79 bits per heavy atom. The highest BCUT2D eigenvalue weighted by molar-refractivity contribution is 9.10. The Morgan fingerprint density at radius 1 is 1.21 bits per heavy atom. The second-order valence-corrected chi connectivity index (χ2v) is 7.23. The first-order valence-electron chi connectivity index (χ1n) is 7.46. The number of rotatable bonds is 3. The molecule has 1 N–H and O–H groups in total. The van der Waals surface area contributed by atoms with Crippen molar-refractivity contribution in [1.82, 2.24) is 4.98 Å². The normalized spacial score (nSPS) is 15.6. The Morgan fingerprint density at radius 2 is 2.00 bits per heavy atom. The molecule has 120 valence electrons. The molecule has 1 aliphatic rings. The van der Waals surface area contributed by atoms with Crippen LogP contribution in [0.5, 0.6) is 5.75 Å². The smallest absolute Gasteiger partial charge is 0.267 e. The van der Waals surface area contributed by atoms with Crippen molar-refractivity contribution in [2.75, 3.05) is 5.32 Å². The topological polar surface area (TPSA) is 51.2 Å². The predicted octanol–water partition coefficient (Wildman–Crippen LogP) is 4.51. The van der Waals surface area contributed by atoms with E-state index in [9.17, 15) is 4.79 Å². The van der Waals surface area contributed by atoms with Crippen molar-refractivity contribution in [1.29, 1.82) is 0 Å². The van der Waals surface area contributed by atoms with Crippen LogP contribution >= 0.6 is 27.3 Å². The zero-order chi connectivity index (χ0) is 16.5. The average Bonchev–Trinajstić information content (AvgIpc) is 3.22. The summed E-state index contributed by atoms with van der Waals surface area (Å²) in [6.45, 7) is 0. The van der Waals surface area contributed by atoms with Gasteiger partial charge in [-0.15, -0.1) is 11.3 Å². The van der Waals surface area contributed by atoms with Crippen molar-refractivity contribution in [3.05, 3.63) is 63.9 Å². The minimum absolute atomic E-state index is 0.164. The Labute approximate surface area is 151 Å². The maximum absolute atomic E-state index is 12.4. The Hall–Kier alpha value is -2.18. The van der Waals surface area contributed by atoms with E-state index in [1.165, 1.54) is 11.3 Å². The van der Waals surface area contributed by atoms with Crippen molar-refractivity contribution in [3.63, 3.8) is 0 Å². The SMILES string of the molecule is O=C(Nc1nc(-c2ccc(Br)cc2)cs1)C1Cc2ccccc2O1. The number of benzene rings is 2. The van der Waals surface area contributed by atoms with Gasteiger partial charge in [0, 0.05) is 21.8 Å². The predicted molar refractivity (Wildman–Crippen MR) is 98.4 cm³/mol. The van der Waals surface area contributed by atoms with E-state index in [0.717, 1.165) is 27.0 Å². The highest BCUT2D eigenvalue weighted by atomic mass is 79.9. The number of thiazole rings is 1. The third kappa shape index (κ3) is 3.07. The number of halogens is 1. The van der Waals surface area contributed by atoms with E-state index in [1.54, 1.807) is 0 Å². The van der Waals surface area contributed by atoms with Crippen LogP contribution in [-0.2, 0) is 11.2 Å². The summed E-state index contributed by atoms with van der Waals surface area (Å²) in [5.74, 6) is 0.621. The molecule has 0 saturated heterocycles.